The number of rotatable bonds is 8. The molecule has 7 nitrogen and oxygen atoms in total. The van der Waals surface area contributed by atoms with Crippen LogP contribution in [0, 0.1) is 0 Å². The monoisotopic (exact) mass is 414 g/mol. The molecular weight excluding hydrogens is 388 g/mol. The van der Waals surface area contributed by atoms with Crippen LogP contribution in [0.25, 0.3) is 11.5 Å². The number of hydrogen-bond donors (Lipinski definition) is 2. The summed E-state index contributed by atoms with van der Waals surface area (Å²) < 4.78 is 7.76. The lowest BCUT2D eigenvalue weighted by Gasteiger charge is -2.12. The SMILES string of the molecule is CN=C(NCCc1nccn1Cc1ccccc1)NCc1coc(-c2ccccc2)n1. The summed E-state index contributed by atoms with van der Waals surface area (Å²) in [5.74, 6) is 2.37. The molecule has 158 valence electrons. The molecule has 0 fully saturated rings. The molecule has 0 saturated carbocycles. The number of guanidine groups is 1. The van der Waals surface area contributed by atoms with Crippen LogP contribution in [0.4, 0.5) is 0 Å². The molecule has 0 aliphatic rings. The van der Waals surface area contributed by atoms with Crippen LogP contribution in [0.5, 0.6) is 0 Å². The van der Waals surface area contributed by atoms with E-state index in [0.29, 0.717) is 18.4 Å². The molecule has 4 rings (SSSR count). The van der Waals surface area contributed by atoms with Crippen molar-refractivity contribution >= 4 is 5.96 Å². The van der Waals surface area contributed by atoms with Gasteiger partial charge in [-0.25, -0.2) is 9.97 Å². The lowest BCUT2D eigenvalue weighted by Crippen LogP contribution is -2.38. The smallest absolute Gasteiger partial charge is 0.226 e. The molecule has 4 aromatic rings. The summed E-state index contributed by atoms with van der Waals surface area (Å²) in [6.07, 6.45) is 6.33. The van der Waals surface area contributed by atoms with E-state index in [2.05, 4.69) is 54.4 Å². The Morgan fingerprint density at radius 3 is 2.58 bits per heavy atom. The molecule has 0 bridgehead atoms. The van der Waals surface area contributed by atoms with Crippen LogP contribution in [-0.2, 0) is 19.5 Å². The maximum Gasteiger partial charge on any atom is 0.226 e. The van der Waals surface area contributed by atoms with E-state index in [1.165, 1.54) is 5.56 Å². The van der Waals surface area contributed by atoms with Crippen LogP contribution in [0.2, 0.25) is 0 Å². The molecule has 2 aromatic carbocycles. The Balaban J connectivity index is 1.26. The summed E-state index contributed by atoms with van der Waals surface area (Å²) in [5.41, 5.74) is 3.04. The van der Waals surface area contributed by atoms with Gasteiger partial charge >= 0.3 is 0 Å². The Morgan fingerprint density at radius 1 is 1.03 bits per heavy atom. The van der Waals surface area contributed by atoms with E-state index in [0.717, 1.165) is 36.6 Å². The minimum Gasteiger partial charge on any atom is -0.444 e. The number of aliphatic imine (C=N–C) groups is 1. The molecule has 2 heterocycles. The molecule has 0 aliphatic carbocycles. The van der Waals surface area contributed by atoms with Crippen molar-refractivity contribution in [3.05, 3.63) is 96.4 Å². The number of imidazole rings is 1. The number of nitrogens with one attached hydrogen (secondary N) is 2. The predicted molar refractivity (Wildman–Crippen MR) is 122 cm³/mol. The highest BCUT2D eigenvalue weighted by Crippen LogP contribution is 2.17. The number of benzene rings is 2. The first-order valence-electron chi connectivity index (χ1n) is 10.3. The van der Waals surface area contributed by atoms with Gasteiger partial charge in [-0.2, -0.15) is 0 Å². The molecular formula is C24H26N6O. The first-order chi connectivity index (χ1) is 15.3. The van der Waals surface area contributed by atoms with Crippen LogP contribution in [0.3, 0.4) is 0 Å². The zero-order chi connectivity index (χ0) is 21.3. The van der Waals surface area contributed by atoms with Gasteiger partial charge in [-0.1, -0.05) is 48.5 Å². The molecule has 2 N–H and O–H groups in total. The van der Waals surface area contributed by atoms with E-state index in [4.69, 9.17) is 4.42 Å². The fraction of sp³-hybridized carbons (Fsp3) is 0.208. The van der Waals surface area contributed by atoms with Crippen LogP contribution < -0.4 is 10.6 Å². The lowest BCUT2D eigenvalue weighted by molar-refractivity contribution is 0.572. The Bertz CT molecular complexity index is 1100. The van der Waals surface area contributed by atoms with Crippen molar-refractivity contribution in [2.24, 2.45) is 4.99 Å². The lowest BCUT2D eigenvalue weighted by atomic mass is 10.2. The Hall–Kier alpha value is -3.87. The Morgan fingerprint density at radius 2 is 1.81 bits per heavy atom. The van der Waals surface area contributed by atoms with Gasteiger partial charge in [0.25, 0.3) is 0 Å². The van der Waals surface area contributed by atoms with Crippen LogP contribution in [0.1, 0.15) is 17.1 Å². The number of hydrogen-bond acceptors (Lipinski definition) is 4. The predicted octanol–water partition coefficient (Wildman–Crippen LogP) is 3.49. The van der Waals surface area contributed by atoms with E-state index in [1.807, 2.05) is 48.8 Å². The van der Waals surface area contributed by atoms with Crippen molar-refractivity contribution in [1.29, 1.82) is 0 Å². The van der Waals surface area contributed by atoms with Crippen LogP contribution in [0.15, 0.2) is 88.7 Å². The van der Waals surface area contributed by atoms with Crippen molar-refractivity contribution < 1.29 is 4.42 Å². The topological polar surface area (TPSA) is 80.3 Å². The fourth-order valence-electron chi connectivity index (χ4n) is 3.28. The molecule has 0 unspecified atom stereocenters. The van der Waals surface area contributed by atoms with E-state index >= 15 is 0 Å². The molecule has 31 heavy (non-hydrogen) atoms. The van der Waals surface area contributed by atoms with Gasteiger partial charge in [0.05, 0.1) is 12.2 Å². The average Bonchev–Trinajstić information content (AvgIpc) is 3.47. The van der Waals surface area contributed by atoms with Crippen LogP contribution in [-0.4, -0.2) is 34.1 Å². The van der Waals surface area contributed by atoms with Gasteiger partial charge < -0.3 is 19.6 Å². The molecule has 0 amide bonds. The third-order valence-electron chi connectivity index (χ3n) is 4.87. The quantitative estimate of drug-likeness (QED) is 0.341. The highest BCUT2D eigenvalue weighted by molar-refractivity contribution is 5.79. The van der Waals surface area contributed by atoms with Crippen LogP contribution >= 0.6 is 0 Å². The third kappa shape index (κ3) is 5.60. The second-order valence-electron chi connectivity index (χ2n) is 7.07. The van der Waals surface area contributed by atoms with E-state index in [-0.39, 0.29) is 0 Å². The zero-order valence-electron chi connectivity index (χ0n) is 17.5. The minimum absolute atomic E-state index is 0.526. The molecule has 0 radical (unpaired) electrons. The van der Waals surface area contributed by atoms with Gasteiger partial charge in [0.1, 0.15) is 12.1 Å². The van der Waals surface area contributed by atoms with Crippen molar-refractivity contribution in [2.75, 3.05) is 13.6 Å². The standard InChI is InChI=1S/C24H26N6O/c1-25-24(28-16-21-18-31-23(29-21)20-10-6-3-7-11-20)27-13-12-22-26-14-15-30(22)17-19-8-4-2-5-9-19/h2-11,14-15,18H,12-13,16-17H2,1H3,(H2,25,27,28). The minimum atomic E-state index is 0.526. The molecule has 0 spiro atoms. The molecule has 0 saturated heterocycles. The zero-order valence-corrected chi connectivity index (χ0v) is 17.5. The second kappa shape index (κ2) is 10.2. The maximum atomic E-state index is 5.59. The second-order valence-corrected chi connectivity index (χ2v) is 7.07. The van der Waals surface area contributed by atoms with Crippen molar-refractivity contribution in [1.82, 2.24) is 25.2 Å². The Labute approximate surface area is 181 Å². The Kier molecular flexibility index (Phi) is 6.74. The van der Waals surface area contributed by atoms with Crippen molar-refractivity contribution in [3.8, 4) is 11.5 Å². The molecule has 0 aliphatic heterocycles. The van der Waals surface area contributed by atoms with E-state index in [9.17, 15) is 0 Å². The average molecular weight is 415 g/mol. The van der Waals surface area contributed by atoms with Gasteiger partial charge in [-0.15, -0.1) is 0 Å². The van der Waals surface area contributed by atoms with E-state index < -0.39 is 0 Å². The van der Waals surface area contributed by atoms with Gasteiger partial charge in [0.15, 0.2) is 5.96 Å². The largest absolute Gasteiger partial charge is 0.444 e. The maximum absolute atomic E-state index is 5.59. The summed E-state index contributed by atoms with van der Waals surface area (Å²) in [4.78, 5) is 13.3. The summed E-state index contributed by atoms with van der Waals surface area (Å²) in [6, 6.07) is 20.3. The summed E-state index contributed by atoms with van der Waals surface area (Å²) in [7, 11) is 1.75. The van der Waals surface area contributed by atoms with Crippen molar-refractivity contribution in [3.63, 3.8) is 0 Å². The summed E-state index contributed by atoms with van der Waals surface area (Å²) in [6.45, 7) is 2.07. The van der Waals surface area contributed by atoms with E-state index in [1.54, 1.807) is 13.3 Å². The van der Waals surface area contributed by atoms with Gasteiger partial charge in [0.2, 0.25) is 5.89 Å². The highest BCUT2D eigenvalue weighted by Gasteiger charge is 2.08. The normalized spacial score (nSPS) is 11.5. The number of oxazole rings is 1. The first-order valence-corrected chi connectivity index (χ1v) is 10.3. The summed E-state index contributed by atoms with van der Waals surface area (Å²) >= 11 is 0. The molecule has 2 aromatic heterocycles. The van der Waals surface area contributed by atoms with Gasteiger partial charge in [0, 0.05) is 44.5 Å². The third-order valence-corrected chi connectivity index (χ3v) is 4.87. The number of nitrogens with zero attached hydrogens (tertiary/aromatic N) is 4. The molecule has 7 heteroatoms. The first kappa shape index (κ1) is 20.4. The molecule has 0 atom stereocenters. The number of aromatic nitrogens is 3. The fourth-order valence-corrected chi connectivity index (χ4v) is 3.28. The van der Waals surface area contributed by atoms with Crippen molar-refractivity contribution in [2.45, 2.75) is 19.5 Å². The van der Waals surface area contributed by atoms with Gasteiger partial charge in [-0.3, -0.25) is 4.99 Å². The summed E-state index contributed by atoms with van der Waals surface area (Å²) in [5, 5.41) is 6.61. The van der Waals surface area contributed by atoms with Gasteiger partial charge in [-0.05, 0) is 17.7 Å². The highest BCUT2D eigenvalue weighted by atomic mass is 16.3.